The molecule has 5 fully saturated rings. The van der Waals surface area contributed by atoms with Crippen molar-refractivity contribution in [2.45, 2.75) is 94.9 Å². The molecule has 5 aliphatic rings. The fourth-order valence-electron chi connectivity index (χ4n) is 6.65. The van der Waals surface area contributed by atoms with Crippen molar-refractivity contribution in [3.8, 4) is 0 Å². The third kappa shape index (κ3) is 3.86. The van der Waals surface area contributed by atoms with Crippen LogP contribution in [0.15, 0.2) is 0 Å². The highest BCUT2D eigenvalue weighted by molar-refractivity contribution is 5.01. The second-order valence-electron chi connectivity index (χ2n) is 9.92. The summed E-state index contributed by atoms with van der Waals surface area (Å²) in [5.41, 5.74) is 0. The van der Waals surface area contributed by atoms with Crippen LogP contribution in [0.5, 0.6) is 0 Å². The number of halogens is 1. The molecule has 0 radical (unpaired) electrons. The molecule has 4 heterocycles. The van der Waals surface area contributed by atoms with Crippen molar-refractivity contribution in [1.82, 2.24) is 26.3 Å². The maximum Gasteiger partial charge on any atom is 0.100 e. The van der Waals surface area contributed by atoms with Crippen molar-refractivity contribution >= 4 is 0 Å². The van der Waals surface area contributed by atoms with Crippen LogP contribution in [0.1, 0.15) is 58.3 Å². The molecule has 0 amide bonds. The fraction of sp³-hybridized carbons (Fsp3) is 1.00. The molecule has 6 nitrogen and oxygen atoms in total. The molecule has 0 aromatic carbocycles. The van der Waals surface area contributed by atoms with Crippen LogP contribution >= 0.6 is 0 Å². The largest absolute Gasteiger partial charge is 0.301 e. The van der Waals surface area contributed by atoms with Crippen LogP contribution in [0.25, 0.3) is 0 Å². The van der Waals surface area contributed by atoms with E-state index in [1.54, 1.807) is 0 Å². The number of rotatable bonds is 0. The molecule has 0 spiro atoms. The molecule has 28 heavy (non-hydrogen) atoms. The van der Waals surface area contributed by atoms with E-state index in [-0.39, 0.29) is 6.17 Å². The first-order valence-electron chi connectivity index (χ1n) is 11.7. The summed E-state index contributed by atoms with van der Waals surface area (Å²) in [6.07, 6.45) is 8.14. The van der Waals surface area contributed by atoms with E-state index in [0.717, 1.165) is 58.3 Å². The molecule has 0 aromatic heterocycles. The molecule has 2 bridgehead atoms. The minimum Gasteiger partial charge on any atom is -0.301 e. The molecule has 7 unspecified atom stereocenters. The third-order valence-corrected chi connectivity index (χ3v) is 8.09. The number of hydrogen-bond donors (Lipinski definition) is 4. The van der Waals surface area contributed by atoms with Crippen LogP contribution in [0.2, 0.25) is 0 Å². The Bertz CT molecular complexity index is 539. The predicted octanol–water partition coefficient (Wildman–Crippen LogP) is 1.69. The van der Waals surface area contributed by atoms with E-state index in [1.165, 1.54) is 12.8 Å². The summed E-state index contributed by atoms with van der Waals surface area (Å²) in [5.74, 6) is 1.74. The highest BCUT2D eigenvalue weighted by Gasteiger charge is 2.47. The lowest BCUT2D eigenvalue weighted by atomic mass is 9.70. The van der Waals surface area contributed by atoms with Gasteiger partial charge in [-0.25, -0.2) is 4.39 Å². The Balaban J connectivity index is 1.41. The number of alkyl halides is 1. The maximum atomic E-state index is 14.4. The lowest BCUT2D eigenvalue weighted by Gasteiger charge is -2.49. The average Bonchev–Trinajstić information content (AvgIpc) is 3.18. The summed E-state index contributed by atoms with van der Waals surface area (Å²) in [4.78, 5) is 6.20. The molecule has 7 heteroatoms. The topological polar surface area (TPSA) is 60.6 Å². The molecule has 1 aliphatic carbocycles. The Morgan fingerprint density at radius 1 is 0.964 bits per heavy atom. The number of nitrogens with zero attached hydrogens (tertiary/aromatic N) is 1. The van der Waals surface area contributed by atoms with Crippen molar-refractivity contribution in [1.29, 1.82) is 0 Å². The second kappa shape index (κ2) is 8.44. The fourth-order valence-corrected chi connectivity index (χ4v) is 6.65. The number of hydroxylamine groups is 2. The Kier molecular flexibility index (Phi) is 5.92. The normalized spacial score (nSPS) is 50.6. The summed E-state index contributed by atoms with van der Waals surface area (Å²) in [6.45, 7) is 5.08. The van der Waals surface area contributed by atoms with Crippen LogP contribution in [-0.2, 0) is 4.84 Å². The molecule has 1 saturated carbocycles. The van der Waals surface area contributed by atoms with E-state index >= 15 is 0 Å². The zero-order chi connectivity index (χ0) is 19.1. The van der Waals surface area contributed by atoms with Crippen LogP contribution in [0.3, 0.4) is 0 Å². The van der Waals surface area contributed by atoms with Crippen molar-refractivity contribution in [3.05, 3.63) is 0 Å². The molecular formula is C21H38FN5O. The van der Waals surface area contributed by atoms with E-state index < -0.39 is 6.17 Å². The molecule has 9 atom stereocenters. The summed E-state index contributed by atoms with van der Waals surface area (Å²) in [5, 5.41) is 17.2. The zero-order valence-electron chi connectivity index (χ0n) is 17.2. The number of hydrogen-bond acceptors (Lipinski definition) is 6. The minimum atomic E-state index is -0.629. The average molecular weight is 396 g/mol. The molecule has 160 valence electrons. The highest BCUT2D eigenvalue weighted by atomic mass is 19.1. The van der Waals surface area contributed by atoms with E-state index in [4.69, 9.17) is 4.84 Å². The van der Waals surface area contributed by atoms with Gasteiger partial charge in [0.25, 0.3) is 0 Å². The lowest BCUT2D eigenvalue weighted by Crippen LogP contribution is -2.74. The molecule has 5 rings (SSSR count). The first-order chi connectivity index (χ1) is 13.7. The van der Waals surface area contributed by atoms with Crippen LogP contribution in [0.4, 0.5) is 4.39 Å². The van der Waals surface area contributed by atoms with E-state index in [9.17, 15) is 4.39 Å². The van der Waals surface area contributed by atoms with Crippen molar-refractivity contribution < 1.29 is 9.23 Å². The number of fused-ring (bicyclic) bond motifs is 5. The smallest absolute Gasteiger partial charge is 0.100 e. The lowest BCUT2D eigenvalue weighted by molar-refractivity contribution is -0.195. The van der Waals surface area contributed by atoms with Gasteiger partial charge in [0.15, 0.2) is 0 Å². The van der Waals surface area contributed by atoms with Gasteiger partial charge in [-0.15, -0.1) is 0 Å². The number of nitrogens with one attached hydrogen (secondary N) is 4. The Morgan fingerprint density at radius 2 is 1.89 bits per heavy atom. The van der Waals surface area contributed by atoms with Crippen molar-refractivity contribution in [2.24, 2.45) is 17.8 Å². The summed E-state index contributed by atoms with van der Waals surface area (Å²) in [6, 6.07) is 1.21. The van der Waals surface area contributed by atoms with E-state index in [0.29, 0.717) is 42.0 Å². The summed E-state index contributed by atoms with van der Waals surface area (Å²) >= 11 is 0. The molecule has 4 saturated heterocycles. The van der Waals surface area contributed by atoms with Crippen LogP contribution in [-0.4, -0.2) is 61.5 Å². The number of piperidine rings is 1. The van der Waals surface area contributed by atoms with Gasteiger partial charge in [0, 0.05) is 18.8 Å². The Morgan fingerprint density at radius 3 is 2.82 bits per heavy atom. The van der Waals surface area contributed by atoms with Gasteiger partial charge in [0.05, 0.1) is 25.0 Å². The van der Waals surface area contributed by atoms with Crippen LogP contribution in [0, 0.1) is 17.8 Å². The van der Waals surface area contributed by atoms with Gasteiger partial charge in [-0.3, -0.25) is 20.8 Å². The second-order valence-corrected chi connectivity index (χ2v) is 9.92. The SMILES string of the molecule is C[C@@H]1CCNC2NCNC3CCC(NC32)N2OCC[C@@H]2C2CC(F)CCC2C1. The first-order valence-corrected chi connectivity index (χ1v) is 11.7. The summed E-state index contributed by atoms with van der Waals surface area (Å²) < 4.78 is 14.4. The first kappa shape index (κ1) is 19.6. The van der Waals surface area contributed by atoms with Crippen molar-refractivity contribution in [2.75, 3.05) is 19.8 Å². The maximum absolute atomic E-state index is 14.4. The highest BCUT2D eigenvalue weighted by Crippen LogP contribution is 2.43. The van der Waals surface area contributed by atoms with E-state index in [2.05, 4.69) is 33.3 Å². The molecular weight excluding hydrogens is 357 g/mol. The molecule has 4 aliphatic heterocycles. The quantitative estimate of drug-likeness (QED) is 0.501. The van der Waals surface area contributed by atoms with Gasteiger partial charge in [0.1, 0.15) is 6.17 Å². The monoisotopic (exact) mass is 395 g/mol. The van der Waals surface area contributed by atoms with Gasteiger partial charge < -0.3 is 5.32 Å². The van der Waals surface area contributed by atoms with Gasteiger partial charge in [-0.1, -0.05) is 6.92 Å². The van der Waals surface area contributed by atoms with Gasteiger partial charge in [-0.2, -0.15) is 5.06 Å². The Labute approximate surface area is 168 Å². The third-order valence-electron chi connectivity index (χ3n) is 8.09. The van der Waals surface area contributed by atoms with Crippen LogP contribution < -0.4 is 21.3 Å². The van der Waals surface area contributed by atoms with Gasteiger partial charge >= 0.3 is 0 Å². The van der Waals surface area contributed by atoms with Gasteiger partial charge in [0.2, 0.25) is 0 Å². The standard InChI is InChI=1S/C21H38FN5O/c1-13-6-8-23-21-20-17(24-12-25-21)4-5-19(26-20)27-18(7-9-28-27)16-11-15(22)3-2-14(16)10-13/h13-21,23-26H,2-12H2,1H3/t13-,14?,15?,16?,17?,18-,19?,20?,21?/m1/s1. The summed E-state index contributed by atoms with van der Waals surface area (Å²) in [7, 11) is 0. The van der Waals surface area contributed by atoms with Gasteiger partial charge in [-0.05, 0) is 75.7 Å². The molecule has 4 N–H and O–H groups in total. The zero-order valence-corrected chi connectivity index (χ0v) is 17.2. The van der Waals surface area contributed by atoms with E-state index in [1.807, 2.05) is 0 Å². The minimum absolute atomic E-state index is 0.235. The molecule has 0 aromatic rings. The predicted molar refractivity (Wildman–Crippen MR) is 107 cm³/mol. The Hall–Kier alpha value is -0.310. The van der Waals surface area contributed by atoms with Crippen molar-refractivity contribution in [3.63, 3.8) is 0 Å².